The molecule has 1 aromatic heterocycles. The Balaban J connectivity index is 1.50. The molecule has 0 saturated heterocycles. The van der Waals surface area contributed by atoms with Gasteiger partial charge in [-0.05, 0) is 61.2 Å². The summed E-state index contributed by atoms with van der Waals surface area (Å²) in [6.45, 7) is 2.31. The van der Waals surface area contributed by atoms with E-state index in [4.69, 9.17) is 0 Å². The summed E-state index contributed by atoms with van der Waals surface area (Å²) in [5.41, 5.74) is 3.04. The predicted molar refractivity (Wildman–Crippen MR) is 113 cm³/mol. The molecule has 0 unspecified atom stereocenters. The fourth-order valence-corrected chi connectivity index (χ4v) is 3.58. The molecule has 3 aromatic rings. The van der Waals surface area contributed by atoms with Crippen LogP contribution in [0.2, 0.25) is 0 Å². The van der Waals surface area contributed by atoms with Crippen molar-refractivity contribution in [3.8, 4) is 0 Å². The second-order valence-electron chi connectivity index (χ2n) is 7.66. The van der Waals surface area contributed by atoms with Crippen molar-refractivity contribution in [2.45, 2.75) is 25.2 Å². The minimum atomic E-state index is -0.300. The van der Waals surface area contributed by atoms with Crippen LogP contribution in [0, 0.1) is 12.7 Å². The lowest BCUT2D eigenvalue weighted by molar-refractivity contribution is 0.0950. The minimum Gasteiger partial charge on any atom is -0.351 e. The first-order chi connectivity index (χ1) is 14.5. The van der Waals surface area contributed by atoms with Gasteiger partial charge in [0, 0.05) is 29.9 Å². The molecule has 1 heterocycles. The number of aromatic nitrogens is 1. The molecule has 1 saturated carbocycles. The summed E-state index contributed by atoms with van der Waals surface area (Å²) in [7, 11) is 0. The largest absolute Gasteiger partial charge is 0.351 e. The van der Waals surface area contributed by atoms with Gasteiger partial charge in [0.05, 0.1) is 11.3 Å². The molecule has 4 rings (SSSR count). The van der Waals surface area contributed by atoms with Gasteiger partial charge in [-0.25, -0.2) is 4.39 Å². The Labute approximate surface area is 174 Å². The van der Waals surface area contributed by atoms with Crippen LogP contribution in [0.1, 0.15) is 44.7 Å². The molecule has 30 heavy (non-hydrogen) atoms. The number of hydrogen-bond donors (Lipinski definition) is 2. The average molecular weight is 403 g/mol. The first-order valence-electron chi connectivity index (χ1n) is 9.84. The highest BCUT2D eigenvalue weighted by atomic mass is 19.1. The number of pyridine rings is 1. The topological polar surface area (TPSA) is 71.1 Å². The number of nitrogens with one attached hydrogen (secondary N) is 2. The Kier molecular flexibility index (Phi) is 5.31. The molecule has 152 valence electrons. The zero-order chi connectivity index (χ0) is 21.1. The SMILES string of the molecule is Cc1cccc(C(=O)NCC2(c3ccc(F)cc3)CC2)c1NC(=O)c1ccncc1. The zero-order valence-electron chi connectivity index (χ0n) is 16.6. The third-order valence-electron chi connectivity index (χ3n) is 5.60. The van der Waals surface area contributed by atoms with Gasteiger partial charge in [0.25, 0.3) is 11.8 Å². The van der Waals surface area contributed by atoms with E-state index in [1.54, 1.807) is 48.8 Å². The molecule has 0 spiro atoms. The molecule has 1 aliphatic carbocycles. The van der Waals surface area contributed by atoms with Gasteiger partial charge < -0.3 is 10.6 Å². The van der Waals surface area contributed by atoms with Crippen LogP contribution in [-0.4, -0.2) is 23.3 Å². The van der Waals surface area contributed by atoms with E-state index in [-0.39, 0.29) is 23.0 Å². The van der Waals surface area contributed by atoms with Gasteiger partial charge in [-0.1, -0.05) is 24.3 Å². The maximum absolute atomic E-state index is 13.2. The second-order valence-corrected chi connectivity index (χ2v) is 7.66. The maximum atomic E-state index is 13.2. The molecule has 0 atom stereocenters. The molecule has 2 aromatic carbocycles. The molecular weight excluding hydrogens is 381 g/mol. The highest BCUT2D eigenvalue weighted by Crippen LogP contribution is 2.47. The van der Waals surface area contributed by atoms with Crippen LogP contribution in [0.3, 0.4) is 0 Å². The summed E-state index contributed by atoms with van der Waals surface area (Å²) in [6.07, 6.45) is 4.98. The van der Waals surface area contributed by atoms with Crippen LogP contribution >= 0.6 is 0 Å². The maximum Gasteiger partial charge on any atom is 0.255 e. The first-order valence-corrected chi connectivity index (χ1v) is 9.84. The van der Waals surface area contributed by atoms with Crippen molar-refractivity contribution in [1.82, 2.24) is 10.3 Å². The lowest BCUT2D eigenvalue weighted by atomic mass is 9.95. The van der Waals surface area contributed by atoms with Crippen LogP contribution < -0.4 is 10.6 Å². The zero-order valence-corrected chi connectivity index (χ0v) is 16.6. The van der Waals surface area contributed by atoms with Gasteiger partial charge in [0.15, 0.2) is 0 Å². The lowest BCUT2D eigenvalue weighted by Gasteiger charge is -2.18. The summed E-state index contributed by atoms with van der Waals surface area (Å²) in [5, 5.41) is 5.86. The first kappa shape index (κ1) is 19.8. The van der Waals surface area contributed by atoms with E-state index in [9.17, 15) is 14.0 Å². The van der Waals surface area contributed by atoms with Gasteiger partial charge in [0.1, 0.15) is 5.82 Å². The molecule has 0 aliphatic heterocycles. The Morgan fingerprint density at radius 3 is 2.37 bits per heavy atom. The van der Waals surface area contributed by atoms with Gasteiger partial charge in [-0.15, -0.1) is 0 Å². The molecule has 1 fully saturated rings. The Morgan fingerprint density at radius 2 is 1.70 bits per heavy atom. The molecule has 2 amide bonds. The van der Waals surface area contributed by atoms with E-state index in [0.717, 1.165) is 24.0 Å². The van der Waals surface area contributed by atoms with Crippen LogP contribution in [-0.2, 0) is 5.41 Å². The standard InChI is InChI=1S/C24H22FN3O2/c1-16-3-2-4-20(21(16)28-22(29)17-9-13-26-14-10-17)23(30)27-15-24(11-12-24)18-5-7-19(25)8-6-18/h2-10,13-14H,11-12,15H2,1H3,(H,27,30)(H,28,29). The Bertz CT molecular complexity index is 1080. The summed E-state index contributed by atoms with van der Waals surface area (Å²) < 4.78 is 13.2. The van der Waals surface area contributed by atoms with Crippen molar-refractivity contribution >= 4 is 17.5 Å². The van der Waals surface area contributed by atoms with Crippen LogP contribution in [0.25, 0.3) is 0 Å². The minimum absolute atomic E-state index is 0.145. The number of nitrogens with zero attached hydrogens (tertiary/aromatic N) is 1. The van der Waals surface area contributed by atoms with E-state index in [0.29, 0.717) is 23.4 Å². The molecular formula is C24H22FN3O2. The summed E-state index contributed by atoms with van der Waals surface area (Å²) in [6, 6.07) is 15.0. The van der Waals surface area contributed by atoms with Gasteiger partial charge in [0.2, 0.25) is 0 Å². The Hall–Kier alpha value is -3.54. The molecule has 5 nitrogen and oxygen atoms in total. The monoisotopic (exact) mass is 403 g/mol. The summed E-state index contributed by atoms with van der Waals surface area (Å²) >= 11 is 0. The fraction of sp³-hybridized carbons (Fsp3) is 0.208. The van der Waals surface area contributed by atoms with Gasteiger partial charge >= 0.3 is 0 Å². The van der Waals surface area contributed by atoms with Crippen LogP contribution in [0.15, 0.2) is 67.0 Å². The van der Waals surface area contributed by atoms with Crippen molar-refractivity contribution in [1.29, 1.82) is 0 Å². The number of carbonyl (C=O) groups is 2. The number of aryl methyl sites for hydroxylation is 1. The van der Waals surface area contributed by atoms with E-state index >= 15 is 0 Å². The third kappa shape index (κ3) is 4.08. The molecule has 1 aliphatic rings. The van der Waals surface area contributed by atoms with Crippen molar-refractivity contribution < 1.29 is 14.0 Å². The molecule has 0 bridgehead atoms. The number of hydrogen-bond acceptors (Lipinski definition) is 3. The number of benzene rings is 2. The number of rotatable bonds is 6. The number of para-hydroxylation sites is 1. The number of carbonyl (C=O) groups excluding carboxylic acids is 2. The summed E-state index contributed by atoms with van der Waals surface area (Å²) in [5.74, 6) is -0.823. The number of amides is 2. The van der Waals surface area contributed by atoms with E-state index in [2.05, 4.69) is 15.6 Å². The lowest BCUT2D eigenvalue weighted by Crippen LogP contribution is -2.33. The van der Waals surface area contributed by atoms with Gasteiger partial charge in [-0.3, -0.25) is 14.6 Å². The predicted octanol–water partition coefficient (Wildman–Crippen LogP) is 4.24. The molecule has 0 radical (unpaired) electrons. The van der Waals surface area contributed by atoms with Crippen LogP contribution in [0.4, 0.5) is 10.1 Å². The fourth-order valence-electron chi connectivity index (χ4n) is 3.58. The van der Waals surface area contributed by atoms with Crippen molar-refractivity contribution in [3.63, 3.8) is 0 Å². The highest BCUT2D eigenvalue weighted by Gasteiger charge is 2.44. The highest BCUT2D eigenvalue weighted by molar-refractivity contribution is 6.09. The van der Waals surface area contributed by atoms with Crippen LogP contribution in [0.5, 0.6) is 0 Å². The van der Waals surface area contributed by atoms with Gasteiger partial charge in [-0.2, -0.15) is 0 Å². The van der Waals surface area contributed by atoms with E-state index in [1.807, 2.05) is 13.0 Å². The van der Waals surface area contributed by atoms with Crippen molar-refractivity contribution in [2.75, 3.05) is 11.9 Å². The van der Waals surface area contributed by atoms with E-state index in [1.165, 1.54) is 12.1 Å². The van der Waals surface area contributed by atoms with Crippen molar-refractivity contribution in [2.24, 2.45) is 0 Å². The average Bonchev–Trinajstić information content (AvgIpc) is 3.55. The molecule has 6 heteroatoms. The number of halogens is 1. The summed E-state index contributed by atoms with van der Waals surface area (Å²) in [4.78, 5) is 29.5. The van der Waals surface area contributed by atoms with E-state index < -0.39 is 0 Å². The quantitative estimate of drug-likeness (QED) is 0.647. The third-order valence-corrected chi connectivity index (χ3v) is 5.60. The van der Waals surface area contributed by atoms with Crippen molar-refractivity contribution in [3.05, 3.63) is 95.1 Å². The number of anilines is 1. The smallest absolute Gasteiger partial charge is 0.255 e. The second kappa shape index (κ2) is 8.06. The normalized spacial score (nSPS) is 14.1. The molecule has 2 N–H and O–H groups in total. The Morgan fingerprint density at radius 1 is 1.00 bits per heavy atom.